The topological polar surface area (TPSA) is 101 Å². The van der Waals surface area contributed by atoms with E-state index in [9.17, 15) is 4.79 Å². The minimum Gasteiger partial charge on any atom is -0.495 e. The Hall–Kier alpha value is -3.20. The quantitative estimate of drug-likeness (QED) is 0.617. The van der Waals surface area contributed by atoms with Gasteiger partial charge in [-0.05, 0) is 23.8 Å². The first-order valence-electron chi connectivity index (χ1n) is 8.73. The largest absolute Gasteiger partial charge is 0.495 e. The third kappa shape index (κ3) is 3.28. The number of carbonyl (C=O) groups excluding carboxylic acids is 1. The van der Waals surface area contributed by atoms with Crippen molar-refractivity contribution < 1.29 is 14.3 Å². The summed E-state index contributed by atoms with van der Waals surface area (Å²) >= 11 is 0. The molecule has 1 aromatic heterocycles. The van der Waals surface area contributed by atoms with Crippen LogP contribution in [0.25, 0.3) is 5.70 Å². The van der Waals surface area contributed by atoms with Gasteiger partial charge in [0.1, 0.15) is 17.6 Å². The van der Waals surface area contributed by atoms with Crippen molar-refractivity contribution in [3.63, 3.8) is 0 Å². The highest BCUT2D eigenvalue weighted by molar-refractivity contribution is 5.93. The van der Waals surface area contributed by atoms with Gasteiger partial charge in [-0.25, -0.2) is 9.66 Å². The summed E-state index contributed by atoms with van der Waals surface area (Å²) in [6.07, 6.45) is 3.24. The number of nitrogens with zero attached hydrogens (tertiary/aromatic N) is 2. The third-order valence-electron chi connectivity index (χ3n) is 4.48. The number of methoxy groups -OCH3 is 1. The van der Waals surface area contributed by atoms with E-state index in [4.69, 9.17) is 9.47 Å². The summed E-state index contributed by atoms with van der Waals surface area (Å²) in [5.41, 5.74) is 6.37. The molecule has 1 unspecified atom stereocenters. The zero-order chi connectivity index (χ0) is 18.8. The van der Waals surface area contributed by atoms with Crippen molar-refractivity contribution in [1.29, 1.82) is 0 Å². The number of anilines is 1. The number of imidazole rings is 1. The maximum atomic E-state index is 12.5. The van der Waals surface area contributed by atoms with Gasteiger partial charge in [-0.3, -0.25) is 10.2 Å². The van der Waals surface area contributed by atoms with E-state index in [1.165, 1.54) is 0 Å². The summed E-state index contributed by atoms with van der Waals surface area (Å²) in [5.74, 6) is 1.15. The molecule has 0 radical (unpaired) electrons. The van der Waals surface area contributed by atoms with Crippen LogP contribution >= 0.6 is 0 Å². The van der Waals surface area contributed by atoms with Crippen LogP contribution in [0.5, 0.6) is 5.75 Å². The van der Waals surface area contributed by atoms with Crippen molar-refractivity contribution in [1.82, 2.24) is 20.3 Å². The minimum atomic E-state index is -0.284. The van der Waals surface area contributed by atoms with Crippen molar-refractivity contribution in [2.24, 2.45) is 0 Å². The Morgan fingerprint density at radius 2 is 2.30 bits per heavy atom. The van der Waals surface area contributed by atoms with Gasteiger partial charge in [0.2, 0.25) is 0 Å². The van der Waals surface area contributed by atoms with Gasteiger partial charge in [-0.15, -0.1) is 0 Å². The van der Waals surface area contributed by atoms with Crippen molar-refractivity contribution in [2.45, 2.75) is 12.8 Å². The van der Waals surface area contributed by atoms with E-state index in [0.29, 0.717) is 31.3 Å². The van der Waals surface area contributed by atoms with Gasteiger partial charge in [0.25, 0.3) is 5.91 Å². The summed E-state index contributed by atoms with van der Waals surface area (Å²) in [7, 11) is 3.46. The molecule has 9 heteroatoms. The Morgan fingerprint density at radius 1 is 1.41 bits per heavy atom. The van der Waals surface area contributed by atoms with Crippen LogP contribution in [0.4, 0.5) is 5.69 Å². The number of ether oxygens (including phenoxy) is 2. The van der Waals surface area contributed by atoms with E-state index in [1.807, 2.05) is 31.3 Å². The molecule has 4 rings (SSSR count). The molecule has 4 N–H and O–H groups in total. The van der Waals surface area contributed by atoms with E-state index in [1.54, 1.807) is 18.0 Å². The Balaban J connectivity index is 1.76. The number of benzene rings is 1. The zero-order valence-corrected chi connectivity index (χ0v) is 15.2. The first-order chi connectivity index (χ1) is 13.2. The molecule has 0 fully saturated rings. The van der Waals surface area contributed by atoms with Crippen LogP contribution in [-0.4, -0.2) is 49.0 Å². The zero-order valence-electron chi connectivity index (χ0n) is 15.2. The number of carbonyl (C=O) groups is 1. The van der Waals surface area contributed by atoms with Crippen LogP contribution in [0.2, 0.25) is 0 Å². The maximum absolute atomic E-state index is 12.5. The molecule has 1 amide bonds. The molecule has 0 spiro atoms. The molecule has 2 aromatic rings. The highest BCUT2D eigenvalue weighted by Crippen LogP contribution is 2.28. The monoisotopic (exact) mass is 370 g/mol. The Bertz CT molecular complexity index is 891. The van der Waals surface area contributed by atoms with E-state index in [-0.39, 0.29) is 12.1 Å². The van der Waals surface area contributed by atoms with Crippen LogP contribution in [0.3, 0.4) is 0 Å². The number of fused-ring (bicyclic) bond motifs is 3. The van der Waals surface area contributed by atoms with Gasteiger partial charge in [0, 0.05) is 13.6 Å². The number of hydrogen-bond acceptors (Lipinski definition) is 7. The van der Waals surface area contributed by atoms with Crippen LogP contribution in [0.1, 0.15) is 21.9 Å². The molecule has 3 heterocycles. The predicted octanol–water partition coefficient (Wildman–Crippen LogP) is 0.707. The second kappa shape index (κ2) is 7.20. The van der Waals surface area contributed by atoms with Crippen molar-refractivity contribution >= 4 is 17.3 Å². The maximum Gasteiger partial charge on any atom is 0.271 e. The van der Waals surface area contributed by atoms with Gasteiger partial charge in [-0.2, -0.15) is 0 Å². The number of nitrogens with one attached hydrogen (secondary N) is 4. The highest BCUT2D eigenvalue weighted by atomic mass is 16.5. The van der Waals surface area contributed by atoms with E-state index in [0.717, 1.165) is 22.7 Å². The van der Waals surface area contributed by atoms with E-state index < -0.39 is 0 Å². The van der Waals surface area contributed by atoms with Crippen molar-refractivity contribution in [3.8, 4) is 5.75 Å². The van der Waals surface area contributed by atoms with E-state index in [2.05, 4.69) is 26.4 Å². The molecular weight excluding hydrogens is 348 g/mol. The van der Waals surface area contributed by atoms with Crippen molar-refractivity contribution in [2.75, 3.05) is 38.1 Å². The fraction of sp³-hybridized carbons (Fsp3) is 0.333. The van der Waals surface area contributed by atoms with Gasteiger partial charge in [0.15, 0.2) is 5.82 Å². The lowest BCUT2D eigenvalue weighted by Gasteiger charge is -2.28. The van der Waals surface area contributed by atoms with Crippen molar-refractivity contribution in [3.05, 3.63) is 47.6 Å². The average molecular weight is 370 g/mol. The molecule has 0 saturated carbocycles. The van der Waals surface area contributed by atoms with Gasteiger partial charge < -0.3 is 25.4 Å². The summed E-state index contributed by atoms with van der Waals surface area (Å²) in [5, 5.41) is 9.40. The van der Waals surface area contributed by atoms with Gasteiger partial charge in [0.05, 0.1) is 37.9 Å². The van der Waals surface area contributed by atoms with E-state index >= 15 is 0 Å². The molecule has 4 bridgehead atoms. The molecule has 9 nitrogen and oxygen atoms in total. The Labute approximate surface area is 156 Å². The number of amides is 1. The fourth-order valence-electron chi connectivity index (χ4n) is 3.16. The number of aromatic nitrogens is 2. The van der Waals surface area contributed by atoms with Crippen LogP contribution in [-0.2, 0) is 11.3 Å². The van der Waals surface area contributed by atoms with Gasteiger partial charge in [-0.1, -0.05) is 6.07 Å². The van der Waals surface area contributed by atoms with Crippen LogP contribution in [0.15, 0.2) is 30.5 Å². The standard InChI is InChI=1S/C18H22N6O3/c1-19-13-8-16-22-12-7-11(3-4-15(12)26-2)10-27-6-5-20-18(25)14-9-21-17(13)24(14)23-16/h3-4,7-9,16,19,22-23H,5-6,10H2,1-2H3,(H,20,25). The summed E-state index contributed by atoms with van der Waals surface area (Å²) in [6, 6.07) is 5.88. The second-order valence-corrected chi connectivity index (χ2v) is 6.23. The van der Waals surface area contributed by atoms with Gasteiger partial charge >= 0.3 is 0 Å². The molecule has 0 aliphatic carbocycles. The molecule has 142 valence electrons. The third-order valence-corrected chi connectivity index (χ3v) is 4.48. The fourth-order valence-corrected chi connectivity index (χ4v) is 3.16. The summed E-state index contributed by atoms with van der Waals surface area (Å²) in [4.78, 5) is 16.9. The smallest absolute Gasteiger partial charge is 0.271 e. The second-order valence-electron chi connectivity index (χ2n) is 6.23. The molecule has 2 aliphatic heterocycles. The van der Waals surface area contributed by atoms with Crippen LogP contribution < -0.4 is 26.1 Å². The molecule has 2 aliphatic rings. The molecule has 27 heavy (non-hydrogen) atoms. The average Bonchev–Trinajstić information content (AvgIpc) is 3.10. The molecule has 0 saturated heterocycles. The lowest BCUT2D eigenvalue weighted by Crippen LogP contribution is -2.41. The highest BCUT2D eigenvalue weighted by Gasteiger charge is 2.25. The molecule has 1 atom stereocenters. The lowest BCUT2D eigenvalue weighted by atomic mass is 10.2. The molecule has 1 aromatic carbocycles. The molecular formula is C18H22N6O3. The first-order valence-corrected chi connectivity index (χ1v) is 8.73. The lowest BCUT2D eigenvalue weighted by molar-refractivity contribution is 0.0893. The normalized spacial score (nSPS) is 19.0. The van der Waals surface area contributed by atoms with Crippen LogP contribution in [0, 0.1) is 0 Å². The summed E-state index contributed by atoms with van der Waals surface area (Å²) < 4.78 is 12.8. The Kier molecular flexibility index (Phi) is 4.59. The minimum absolute atomic E-state index is 0.214. The summed E-state index contributed by atoms with van der Waals surface area (Å²) in [6.45, 7) is 1.28. The Morgan fingerprint density at radius 3 is 3.11 bits per heavy atom. The number of hydrogen-bond donors (Lipinski definition) is 4. The first kappa shape index (κ1) is 17.2. The predicted molar refractivity (Wildman–Crippen MR) is 101 cm³/mol. The SMILES string of the molecule is CNC1=CC2Nc3cc(ccc3OC)COCCNC(=O)c3cnc1n3N2. The number of rotatable bonds is 2.